The van der Waals surface area contributed by atoms with Crippen LogP contribution in [-0.2, 0) is 4.79 Å². The minimum atomic E-state index is -0.193. The number of benzene rings is 1. The van der Waals surface area contributed by atoms with Crippen LogP contribution >= 0.6 is 0 Å². The SMILES string of the molecule is Cc1ccccc1OCC(=O)N1CCN(CC(O)C2CC2)CC1. The first kappa shape index (κ1) is 16.3. The Morgan fingerprint density at radius 2 is 1.96 bits per heavy atom. The van der Waals surface area contributed by atoms with Crippen molar-refractivity contribution in [2.45, 2.75) is 25.9 Å². The van der Waals surface area contributed by atoms with Crippen molar-refractivity contribution in [2.24, 2.45) is 5.92 Å². The molecule has 2 aliphatic rings. The summed E-state index contributed by atoms with van der Waals surface area (Å²) in [6, 6.07) is 7.74. The molecule has 1 unspecified atom stereocenters. The number of aliphatic hydroxyl groups excluding tert-OH is 1. The number of nitrogens with zero attached hydrogens (tertiary/aromatic N) is 2. The molecule has 5 heteroatoms. The van der Waals surface area contributed by atoms with Gasteiger partial charge in [0.05, 0.1) is 6.10 Å². The van der Waals surface area contributed by atoms with Crippen LogP contribution in [0.3, 0.4) is 0 Å². The maximum atomic E-state index is 12.3. The first-order chi connectivity index (χ1) is 11.1. The number of amides is 1. The molecule has 1 amide bonds. The van der Waals surface area contributed by atoms with E-state index in [4.69, 9.17) is 4.74 Å². The lowest BCUT2D eigenvalue weighted by Crippen LogP contribution is -2.51. The van der Waals surface area contributed by atoms with Gasteiger partial charge in [0, 0.05) is 32.7 Å². The van der Waals surface area contributed by atoms with Crippen molar-refractivity contribution in [3.8, 4) is 5.75 Å². The van der Waals surface area contributed by atoms with Gasteiger partial charge in [-0.1, -0.05) is 18.2 Å². The van der Waals surface area contributed by atoms with Gasteiger partial charge in [0.2, 0.25) is 0 Å². The molecule has 2 fully saturated rings. The molecule has 1 aromatic carbocycles. The highest BCUT2D eigenvalue weighted by Crippen LogP contribution is 2.32. The summed E-state index contributed by atoms with van der Waals surface area (Å²) in [5.74, 6) is 1.32. The molecule has 0 aromatic heterocycles. The second kappa shape index (κ2) is 7.32. The molecule has 1 saturated heterocycles. The third-order valence-electron chi connectivity index (χ3n) is 4.78. The summed E-state index contributed by atoms with van der Waals surface area (Å²) in [6.45, 7) is 5.91. The number of β-amino-alcohol motifs (C(OH)–C–C–N with tert-alkyl or cyclic N) is 1. The third kappa shape index (κ3) is 4.45. The van der Waals surface area contributed by atoms with Crippen LogP contribution in [0.2, 0.25) is 0 Å². The molecular weight excluding hydrogens is 292 g/mol. The minimum Gasteiger partial charge on any atom is -0.484 e. The van der Waals surface area contributed by atoms with E-state index < -0.39 is 0 Å². The van der Waals surface area contributed by atoms with Gasteiger partial charge in [-0.15, -0.1) is 0 Å². The molecule has 3 rings (SSSR count). The average Bonchev–Trinajstić information content (AvgIpc) is 3.39. The molecular formula is C18H26N2O3. The van der Waals surface area contributed by atoms with E-state index in [1.807, 2.05) is 36.1 Å². The van der Waals surface area contributed by atoms with E-state index in [0.29, 0.717) is 19.0 Å². The molecule has 0 bridgehead atoms. The zero-order valence-electron chi connectivity index (χ0n) is 13.8. The lowest BCUT2D eigenvalue weighted by Gasteiger charge is -2.35. The summed E-state index contributed by atoms with van der Waals surface area (Å²) >= 11 is 0. The fourth-order valence-corrected chi connectivity index (χ4v) is 3.02. The van der Waals surface area contributed by atoms with Crippen LogP contribution in [0.4, 0.5) is 0 Å². The van der Waals surface area contributed by atoms with Gasteiger partial charge in [0.25, 0.3) is 5.91 Å². The number of carbonyl (C=O) groups excluding carboxylic acids is 1. The molecule has 1 aliphatic heterocycles. The Morgan fingerprint density at radius 1 is 1.26 bits per heavy atom. The van der Waals surface area contributed by atoms with E-state index >= 15 is 0 Å². The largest absolute Gasteiger partial charge is 0.484 e. The van der Waals surface area contributed by atoms with E-state index in [-0.39, 0.29) is 18.6 Å². The lowest BCUT2D eigenvalue weighted by atomic mass is 10.2. The number of rotatable bonds is 6. The average molecular weight is 318 g/mol. The Balaban J connectivity index is 1.40. The summed E-state index contributed by atoms with van der Waals surface area (Å²) in [5, 5.41) is 10.0. The molecule has 23 heavy (non-hydrogen) atoms. The molecule has 0 spiro atoms. The highest BCUT2D eigenvalue weighted by Gasteiger charge is 2.32. The number of ether oxygens (including phenoxy) is 1. The van der Waals surface area contributed by atoms with Gasteiger partial charge in [-0.2, -0.15) is 0 Å². The van der Waals surface area contributed by atoms with Crippen molar-refractivity contribution in [1.82, 2.24) is 9.80 Å². The zero-order valence-corrected chi connectivity index (χ0v) is 13.8. The van der Waals surface area contributed by atoms with Crippen LogP contribution in [-0.4, -0.2) is 66.2 Å². The lowest BCUT2D eigenvalue weighted by molar-refractivity contribution is -0.135. The third-order valence-corrected chi connectivity index (χ3v) is 4.78. The maximum Gasteiger partial charge on any atom is 0.260 e. The van der Waals surface area contributed by atoms with Gasteiger partial charge in [-0.3, -0.25) is 9.69 Å². The van der Waals surface area contributed by atoms with E-state index in [1.54, 1.807) is 0 Å². The number of carbonyl (C=O) groups is 1. The smallest absolute Gasteiger partial charge is 0.260 e. The van der Waals surface area contributed by atoms with Crippen LogP contribution in [0.5, 0.6) is 5.75 Å². The Labute approximate surface area is 137 Å². The van der Waals surface area contributed by atoms with Crippen molar-refractivity contribution < 1.29 is 14.6 Å². The molecule has 1 saturated carbocycles. The maximum absolute atomic E-state index is 12.3. The zero-order chi connectivity index (χ0) is 16.2. The Hall–Kier alpha value is -1.59. The van der Waals surface area contributed by atoms with Crippen LogP contribution in [0.1, 0.15) is 18.4 Å². The first-order valence-corrected chi connectivity index (χ1v) is 8.50. The molecule has 1 N–H and O–H groups in total. The van der Waals surface area contributed by atoms with Gasteiger partial charge in [0.1, 0.15) is 5.75 Å². The fraction of sp³-hybridized carbons (Fsp3) is 0.611. The van der Waals surface area contributed by atoms with E-state index in [9.17, 15) is 9.90 Å². The van der Waals surface area contributed by atoms with Crippen molar-refractivity contribution in [1.29, 1.82) is 0 Å². The first-order valence-electron chi connectivity index (χ1n) is 8.50. The normalized spacial score (nSPS) is 20.3. The molecule has 1 aromatic rings. The summed E-state index contributed by atoms with van der Waals surface area (Å²) in [5.41, 5.74) is 1.04. The Bertz CT molecular complexity index is 537. The standard InChI is InChI=1S/C18H26N2O3/c1-14-4-2-3-5-17(14)23-13-18(22)20-10-8-19(9-11-20)12-16(21)15-6-7-15/h2-5,15-16,21H,6-13H2,1H3. The van der Waals surface area contributed by atoms with Gasteiger partial charge in [-0.25, -0.2) is 0 Å². The van der Waals surface area contributed by atoms with Crippen molar-refractivity contribution in [3.05, 3.63) is 29.8 Å². The van der Waals surface area contributed by atoms with Crippen LogP contribution < -0.4 is 4.74 Å². The minimum absolute atomic E-state index is 0.0376. The number of para-hydroxylation sites is 1. The summed E-state index contributed by atoms with van der Waals surface area (Å²) in [4.78, 5) is 16.4. The second-order valence-electron chi connectivity index (χ2n) is 6.64. The van der Waals surface area contributed by atoms with Gasteiger partial charge in [-0.05, 0) is 37.3 Å². The molecule has 0 radical (unpaired) electrons. The van der Waals surface area contributed by atoms with Crippen LogP contribution in [0, 0.1) is 12.8 Å². The van der Waals surface area contributed by atoms with Gasteiger partial charge >= 0.3 is 0 Å². The fourth-order valence-electron chi connectivity index (χ4n) is 3.02. The van der Waals surface area contributed by atoms with Crippen LogP contribution in [0.25, 0.3) is 0 Å². The second-order valence-corrected chi connectivity index (χ2v) is 6.64. The Morgan fingerprint density at radius 3 is 2.61 bits per heavy atom. The number of aliphatic hydroxyl groups is 1. The highest BCUT2D eigenvalue weighted by atomic mass is 16.5. The number of hydrogen-bond donors (Lipinski definition) is 1. The van der Waals surface area contributed by atoms with Gasteiger partial charge < -0.3 is 14.7 Å². The predicted molar refractivity (Wildman–Crippen MR) is 88.4 cm³/mol. The monoisotopic (exact) mass is 318 g/mol. The quantitative estimate of drug-likeness (QED) is 0.859. The molecule has 126 valence electrons. The van der Waals surface area contributed by atoms with Crippen molar-refractivity contribution >= 4 is 5.91 Å². The van der Waals surface area contributed by atoms with Crippen molar-refractivity contribution in [3.63, 3.8) is 0 Å². The molecule has 5 nitrogen and oxygen atoms in total. The molecule has 1 aliphatic carbocycles. The van der Waals surface area contributed by atoms with Crippen molar-refractivity contribution in [2.75, 3.05) is 39.3 Å². The Kier molecular flexibility index (Phi) is 5.18. The van der Waals surface area contributed by atoms with E-state index in [0.717, 1.165) is 43.8 Å². The topological polar surface area (TPSA) is 53.0 Å². The van der Waals surface area contributed by atoms with E-state index in [1.165, 1.54) is 0 Å². The van der Waals surface area contributed by atoms with Gasteiger partial charge in [0.15, 0.2) is 6.61 Å². The predicted octanol–water partition coefficient (Wildman–Crippen LogP) is 1.29. The number of hydrogen-bond acceptors (Lipinski definition) is 4. The molecule has 1 heterocycles. The number of aryl methyl sites for hydroxylation is 1. The summed E-state index contributed by atoms with van der Waals surface area (Å²) < 4.78 is 5.64. The molecule has 1 atom stereocenters. The summed E-state index contributed by atoms with van der Waals surface area (Å²) in [7, 11) is 0. The highest BCUT2D eigenvalue weighted by molar-refractivity contribution is 5.78. The number of piperazine rings is 1. The van der Waals surface area contributed by atoms with Crippen LogP contribution in [0.15, 0.2) is 24.3 Å². The van der Waals surface area contributed by atoms with E-state index in [2.05, 4.69) is 4.90 Å². The summed E-state index contributed by atoms with van der Waals surface area (Å²) in [6.07, 6.45) is 2.13.